The molecule has 0 amide bonds. The van der Waals surface area contributed by atoms with E-state index in [1.165, 1.54) is 0 Å². The van der Waals surface area contributed by atoms with E-state index in [1.54, 1.807) is 6.20 Å². The Morgan fingerprint density at radius 3 is 2.85 bits per heavy atom. The number of unbranched alkanes of at least 4 members (excludes halogenated alkanes) is 1. The Kier molecular flexibility index (Phi) is 4.61. The second-order valence-corrected chi connectivity index (χ2v) is 3.11. The zero-order valence-corrected chi connectivity index (χ0v) is 8.55. The first-order valence-corrected chi connectivity index (χ1v) is 5.04. The van der Waals surface area contributed by atoms with Crippen LogP contribution in [0.15, 0.2) is 18.3 Å². The lowest BCUT2D eigenvalue weighted by molar-refractivity contribution is 0.297. The largest absolute Gasteiger partial charge is 0.478 e. The number of pyridine rings is 1. The molecule has 0 N–H and O–H groups in total. The van der Waals surface area contributed by atoms with Crippen molar-refractivity contribution in [2.45, 2.75) is 25.6 Å². The normalized spacial score (nSPS) is 10.0. The van der Waals surface area contributed by atoms with Crippen LogP contribution < -0.4 is 4.74 Å². The number of halogens is 1. The number of hydrogen-bond donors (Lipinski definition) is 0. The minimum Gasteiger partial charge on any atom is -0.478 e. The lowest BCUT2D eigenvalue weighted by Crippen LogP contribution is -1.98. The molecule has 0 unspecified atom stereocenters. The van der Waals surface area contributed by atoms with E-state index in [9.17, 15) is 0 Å². The van der Waals surface area contributed by atoms with Crippen molar-refractivity contribution in [1.82, 2.24) is 4.98 Å². The fraction of sp³-hybridized carbons (Fsp3) is 0.500. The molecule has 0 aliphatic carbocycles. The van der Waals surface area contributed by atoms with E-state index >= 15 is 0 Å². The predicted octanol–water partition coefficient (Wildman–Crippen LogP) is 3.00. The molecule has 0 aromatic carbocycles. The molecular formula is C10H14ClNO. The van der Waals surface area contributed by atoms with Gasteiger partial charge in [0.2, 0.25) is 5.88 Å². The first-order chi connectivity index (χ1) is 6.36. The van der Waals surface area contributed by atoms with E-state index in [-0.39, 0.29) is 0 Å². The number of aromatic nitrogens is 1. The van der Waals surface area contributed by atoms with Crippen molar-refractivity contribution < 1.29 is 4.74 Å². The van der Waals surface area contributed by atoms with Gasteiger partial charge in [0.25, 0.3) is 0 Å². The Morgan fingerprint density at radius 2 is 2.31 bits per heavy atom. The van der Waals surface area contributed by atoms with Crippen molar-refractivity contribution >= 4 is 11.6 Å². The Morgan fingerprint density at radius 1 is 1.46 bits per heavy atom. The number of hydrogen-bond acceptors (Lipinski definition) is 2. The fourth-order valence-electron chi connectivity index (χ4n) is 0.896. The lowest BCUT2D eigenvalue weighted by atomic mass is 10.3. The molecule has 0 radical (unpaired) electrons. The van der Waals surface area contributed by atoms with Crippen LogP contribution in [0.3, 0.4) is 0 Å². The summed E-state index contributed by atoms with van der Waals surface area (Å²) in [6.45, 7) is 2.87. The average Bonchev–Trinajstić information content (AvgIpc) is 2.19. The van der Waals surface area contributed by atoms with Crippen molar-refractivity contribution in [1.29, 1.82) is 0 Å². The third-order valence-electron chi connectivity index (χ3n) is 1.70. The van der Waals surface area contributed by atoms with Crippen LogP contribution in [-0.2, 0) is 5.88 Å². The van der Waals surface area contributed by atoms with Gasteiger partial charge in [-0.05, 0) is 12.0 Å². The molecule has 0 saturated heterocycles. The second kappa shape index (κ2) is 5.81. The molecule has 0 fully saturated rings. The maximum atomic E-state index is 5.63. The van der Waals surface area contributed by atoms with E-state index in [1.807, 2.05) is 12.1 Å². The van der Waals surface area contributed by atoms with Crippen molar-refractivity contribution in [2.75, 3.05) is 6.61 Å². The van der Waals surface area contributed by atoms with Gasteiger partial charge in [-0.15, -0.1) is 11.6 Å². The van der Waals surface area contributed by atoms with Gasteiger partial charge in [0.15, 0.2) is 0 Å². The van der Waals surface area contributed by atoms with Crippen LogP contribution in [0.5, 0.6) is 5.88 Å². The molecule has 72 valence electrons. The molecule has 1 aromatic rings. The summed E-state index contributed by atoms with van der Waals surface area (Å²) in [7, 11) is 0. The molecule has 0 bridgehead atoms. The summed E-state index contributed by atoms with van der Waals surface area (Å²) in [5, 5.41) is 0. The molecule has 0 spiro atoms. The van der Waals surface area contributed by atoms with E-state index in [0.29, 0.717) is 11.8 Å². The highest BCUT2D eigenvalue weighted by Gasteiger charge is 1.94. The van der Waals surface area contributed by atoms with Crippen LogP contribution in [0.4, 0.5) is 0 Å². The summed E-state index contributed by atoms with van der Waals surface area (Å²) in [5.41, 5.74) is 1.02. The minimum atomic E-state index is 0.502. The minimum absolute atomic E-state index is 0.502. The van der Waals surface area contributed by atoms with E-state index in [2.05, 4.69) is 11.9 Å². The quantitative estimate of drug-likeness (QED) is 0.537. The maximum Gasteiger partial charge on any atom is 0.213 e. The lowest BCUT2D eigenvalue weighted by Gasteiger charge is -2.03. The van der Waals surface area contributed by atoms with E-state index in [0.717, 1.165) is 25.0 Å². The topological polar surface area (TPSA) is 22.1 Å². The number of alkyl halides is 1. The van der Waals surface area contributed by atoms with Gasteiger partial charge in [-0.2, -0.15) is 0 Å². The highest BCUT2D eigenvalue weighted by molar-refractivity contribution is 6.17. The zero-order chi connectivity index (χ0) is 9.52. The Balaban J connectivity index is 2.40. The number of nitrogens with zero attached hydrogens (tertiary/aromatic N) is 1. The molecular weight excluding hydrogens is 186 g/mol. The molecule has 0 aliphatic rings. The molecule has 1 aromatic heterocycles. The molecule has 0 saturated carbocycles. The van der Waals surface area contributed by atoms with Gasteiger partial charge in [-0.25, -0.2) is 4.98 Å². The molecule has 1 rings (SSSR count). The molecule has 2 nitrogen and oxygen atoms in total. The van der Waals surface area contributed by atoms with Gasteiger partial charge in [-0.1, -0.05) is 19.4 Å². The first kappa shape index (κ1) is 10.3. The Hall–Kier alpha value is -0.760. The molecule has 3 heteroatoms. The molecule has 0 aliphatic heterocycles. The van der Waals surface area contributed by atoms with Crippen molar-refractivity contribution in [3.05, 3.63) is 23.9 Å². The van der Waals surface area contributed by atoms with Crippen LogP contribution in [-0.4, -0.2) is 11.6 Å². The van der Waals surface area contributed by atoms with Gasteiger partial charge in [0.1, 0.15) is 0 Å². The highest BCUT2D eigenvalue weighted by atomic mass is 35.5. The molecule has 0 atom stereocenters. The van der Waals surface area contributed by atoms with Gasteiger partial charge >= 0.3 is 0 Å². The Labute approximate surface area is 83.9 Å². The SMILES string of the molecule is CCCCOc1ccc(CCl)cn1. The van der Waals surface area contributed by atoms with E-state index in [4.69, 9.17) is 16.3 Å². The van der Waals surface area contributed by atoms with Gasteiger partial charge in [0.05, 0.1) is 6.61 Å². The van der Waals surface area contributed by atoms with Gasteiger partial charge in [0, 0.05) is 18.1 Å². The van der Waals surface area contributed by atoms with E-state index < -0.39 is 0 Å². The average molecular weight is 200 g/mol. The van der Waals surface area contributed by atoms with Gasteiger partial charge < -0.3 is 4.74 Å². The fourth-order valence-corrected chi connectivity index (χ4v) is 1.05. The second-order valence-electron chi connectivity index (χ2n) is 2.84. The summed E-state index contributed by atoms with van der Waals surface area (Å²) < 4.78 is 5.39. The third-order valence-corrected chi connectivity index (χ3v) is 2.01. The summed E-state index contributed by atoms with van der Waals surface area (Å²) >= 11 is 5.63. The van der Waals surface area contributed by atoms with Crippen molar-refractivity contribution in [3.63, 3.8) is 0 Å². The molecule has 1 heterocycles. The van der Waals surface area contributed by atoms with Crippen molar-refractivity contribution in [2.24, 2.45) is 0 Å². The molecule has 13 heavy (non-hydrogen) atoms. The third kappa shape index (κ3) is 3.64. The monoisotopic (exact) mass is 199 g/mol. The first-order valence-electron chi connectivity index (χ1n) is 4.50. The Bertz CT molecular complexity index is 235. The van der Waals surface area contributed by atoms with Crippen molar-refractivity contribution in [3.8, 4) is 5.88 Å². The van der Waals surface area contributed by atoms with Crippen LogP contribution in [0.25, 0.3) is 0 Å². The van der Waals surface area contributed by atoms with Crippen LogP contribution >= 0.6 is 11.6 Å². The number of ether oxygens (including phenoxy) is 1. The number of rotatable bonds is 5. The summed E-state index contributed by atoms with van der Waals surface area (Å²) in [4.78, 5) is 4.11. The summed E-state index contributed by atoms with van der Waals surface area (Å²) in [5.74, 6) is 1.18. The summed E-state index contributed by atoms with van der Waals surface area (Å²) in [6, 6.07) is 3.79. The van der Waals surface area contributed by atoms with Crippen LogP contribution in [0, 0.1) is 0 Å². The standard InChI is InChI=1S/C10H14ClNO/c1-2-3-6-13-10-5-4-9(7-11)8-12-10/h4-5,8H,2-3,6-7H2,1H3. The predicted molar refractivity (Wildman–Crippen MR) is 54.2 cm³/mol. The highest BCUT2D eigenvalue weighted by Crippen LogP contribution is 2.09. The smallest absolute Gasteiger partial charge is 0.213 e. The zero-order valence-electron chi connectivity index (χ0n) is 7.79. The van der Waals surface area contributed by atoms with Gasteiger partial charge in [-0.3, -0.25) is 0 Å². The van der Waals surface area contributed by atoms with Crippen LogP contribution in [0.2, 0.25) is 0 Å². The maximum absolute atomic E-state index is 5.63. The van der Waals surface area contributed by atoms with Crippen LogP contribution in [0.1, 0.15) is 25.3 Å². The summed E-state index contributed by atoms with van der Waals surface area (Å²) in [6.07, 6.45) is 3.95.